The highest BCUT2D eigenvalue weighted by molar-refractivity contribution is 7.11. The molecule has 1 atom stereocenters. The number of amides is 3. The van der Waals surface area contributed by atoms with Crippen molar-refractivity contribution in [2.45, 2.75) is 19.9 Å². The van der Waals surface area contributed by atoms with Crippen LogP contribution in [0.5, 0.6) is 0 Å². The van der Waals surface area contributed by atoms with E-state index in [9.17, 15) is 14.4 Å². The molecule has 110 valence electrons. The number of aliphatic carboxylic acids is 1. The topological polar surface area (TPSA) is 118 Å². The zero-order valence-electron chi connectivity index (χ0n) is 11.0. The molecule has 0 aromatic carbocycles. The predicted octanol–water partition coefficient (Wildman–Crippen LogP) is 0.440. The number of carboxylic acids is 1. The van der Waals surface area contributed by atoms with Crippen molar-refractivity contribution in [1.82, 2.24) is 15.6 Å². The van der Waals surface area contributed by atoms with E-state index in [0.717, 1.165) is 9.88 Å². The van der Waals surface area contributed by atoms with Crippen LogP contribution in [0.4, 0.5) is 4.79 Å². The summed E-state index contributed by atoms with van der Waals surface area (Å²) in [6.45, 7) is 2.55. The number of hydrogen-bond acceptors (Lipinski definition) is 6. The minimum Gasteiger partial charge on any atom is -0.480 e. The molecule has 0 aliphatic heterocycles. The Hall–Kier alpha value is -2.00. The van der Waals surface area contributed by atoms with Gasteiger partial charge in [-0.15, -0.1) is 11.3 Å². The summed E-state index contributed by atoms with van der Waals surface area (Å²) < 4.78 is 4.55. The number of aromatic nitrogens is 1. The molecular formula is C11H15N3O5S. The Kier molecular flexibility index (Phi) is 6.07. The van der Waals surface area contributed by atoms with Gasteiger partial charge in [0.2, 0.25) is 0 Å². The fourth-order valence-electron chi connectivity index (χ4n) is 1.26. The molecule has 1 aromatic rings. The molecule has 0 radical (unpaired) electrons. The second-order valence-corrected chi connectivity index (χ2v) is 5.21. The molecule has 0 bridgehead atoms. The van der Waals surface area contributed by atoms with Crippen LogP contribution in [0.25, 0.3) is 0 Å². The fourth-order valence-corrected chi connectivity index (χ4v) is 2.04. The molecule has 1 heterocycles. The summed E-state index contributed by atoms with van der Waals surface area (Å²) in [6, 6.07) is -1.02. The quantitative estimate of drug-likeness (QED) is 0.701. The van der Waals surface area contributed by atoms with Crippen LogP contribution in [0, 0.1) is 6.92 Å². The van der Waals surface area contributed by atoms with E-state index >= 15 is 0 Å². The van der Waals surface area contributed by atoms with Crippen molar-refractivity contribution in [3.63, 3.8) is 0 Å². The van der Waals surface area contributed by atoms with Crippen LogP contribution >= 0.6 is 11.3 Å². The van der Waals surface area contributed by atoms with Crippen molar-refractivity contribution in [1.29, 1.82) is 0 Å². The number of ether oxygens (including phenoxy) is 1. The second kappa shape index (κ2) is 7.56. The first kappa shape index (κ1) is 16.1. The fraction of sp³-hybridized carbons (Fsp3) is 0.455. The van der Waals surface area contributed by atoms with Crippen LogP contribution in [0.3, 0.4) is 0 Å². The maximum absolute atomic E-state index is 11.5. The Labute approximate surface area is 119 Å². The number of carbonyl (C=O) groups is 3. The SMILES string of the molecule is Cc1cnc(C(C)NC(=O)NC(=O)COCC(=O)O)s1. The van der Waals surface area contributed by atoms with E-state index < -0.39 is 31.1 Å². The van der Waals surface area contributed by atoms with Crippen LogP contribution in [0.2, 0.25) is 0 Å². The van der Waals surface area contributed by atoms with Gasteiger partial charge in [-0.25, -0.2) is 14.6 Å². The average Bonchev–Trinajstić information content (AvgIpc) is 2.75. The highest BCUT2D eigenvalue weighted by Crippen LogP contribution is 2.18. The molecule has 1 unspecified atom stereocenters. The van der Waals surface area contributed by atoms with E-state index in [0.29, 0.717) is 0 Å². The lowest BCUT2D eigenvalue weighted by atomic mass is 10.3. The third-order valence-electron chi connectivity index (χ3n) is 2.07. The van der Waals surface area contributed by atoms with E-state index in [2.05, 4.69) is 15.0 Å². The van der Waals surface area contributed by atoms with Crippen molar-refractivity contribution in [3.8, 4) is 0 Å². The minimum atomic E-state index is -1.19. The molecule has 20 heavy (non-hydrogen) atoms. The lowest BCUT2D eigenvalue weighted by Gasteiger charge is -2.11. The van der Waals surface area contributed by atoms with Gasteiger partial charge in [-0.1, -0.05) is 0 Å². The van der Waals surface area contributed by atoms with Crippen molar-refractivity contribution in [2.75, 3.05) is 13.2 Å². The third-order valence-corrected chi connectivity index (χ3v) is 3.16. The molecule has 0 saturated heterocycles. The maximum atomic E-state index is 11.5. The van der Waals surface area contributed by atoms with Gasteiger partial charge in [-0.3, -0.25) is 10.1 Å². The molecule has 0 spiro atoms. The number of carbonyl (C=O) groups excluding carboxylic acids is 2. The van der Waals surface area contributed by atoms with Gasteiger partial charge in [0.15, 0.2) is 0 Å². The monoisotopic (exact) mass is 301 g/mol. The normalized spacial score (nSPS) is 11.7. The molecule has 3 N–H and O–H groups in total. The van der Waals surface area contributed by atoms with Gasteiger partial charge in [-0.05, 0) is 13.8 Å². The number of imide groups is 1. The number of aryl methyl sites for hydroxylation is 1. The predicted molar refractivity (Wildman–Crippen MR) is 70.4 cm³/mol. The van der Waals surface area contributed by atoms with Gasteiger partial charge in [0, 0.05) is 11.1 Å². The number of nitrogens with one attached hydrogen (secondary N) is 2. The highest BCUT2D eigenvalue weighted by atomic mass is 32.1. The molecule has 9 heteroatoms. The van der Waals surface area contributed by atoms with Crippen molar-refractivity contribution in [3.05, 3.63) is 16.1 Å². The smallest absolute Gasteiger partial charge is 0.329 e. The number of carboxylic acid groups (broad SMARTS) is 1. The lowest BCUT2D eigenvalue weighted by Crippen LogP contribution is -2.42. The van der Waals surface area contributed by atoms with Crippen LogP contribution in [0.15, 0.2) is 6.20 Å². The van der Waals surface area contributed by atoms with Crippen LogP contribution < -0.4 is 10.6 Å². The Morgan fingerprint density at radius 2 is 2.15 bits per heavy atom. The average molecular weight is 301 g/mol. The standard InChI is InChI=1S/C11H15N3O5S/c1-6-3-12-10(20-6)7(2)13-11(18)14-8(15)4-19-5-9(16)17/h3,7H,4-5H2,1-2H3,(H,16,17)(H2,13,14,15,18). The summed E-state index contributed by atoms with van der Waals surface area (Å²) in [5.74, 6) is -1.90. The number of urea groups is 1. The van der Waals surface area contributed by atoms with E-state index in [1.165, 1.54) is 11.3 Å². The van der Waals surface area contributed by atoms with Gasteiger partial charge in [0.1, 0.15) is 18.2 Å². The first-order chi connectivity index (χ1) is 9.38. The van der Waals surface area contributed by atoms with Crippen molar-refractivity contribution >= 4 is 29.2 Å². The Bertz CT molecular complexity index is 502. The molecule has 0 aliphatic rings. The van der Waals surface area contributed by atoms with E-state index in [1.807, 2.05) is 12.2 Å². The summed E-state index contributed by atoms with van der Waals surface area (Å²) in [5.41, 5.74) is 0. The van der Waals surface area contributed by atoms with Crippen LogP contribution in [-0.4, -0.2) is 41.2 Å². The Balaban J connectivity index is 2.32. The lowest BCUT2D eigenvalue weighted by molar-refractivity contribution is -0.143. The number of thiazole rings is 1. The Morgan fingerprint density at radius 1 is 1.45 bits per heavy atom. The van der Waals surface area contributed by atoms with Crippen LogP contribution in [0.1, 0.15) is 22.9 Å². The summed E-state index contributed by atoms with van der Waals surface area (Å²) >= 11 is 1.45. The molecular weight excluding hydrogens is 286 g/mol. The highest BCUT2D eigenvalue weighted by Gasteiger charge is 2.14. The van der Waals surface area contributed by atoms with Gasteiger partial charge in [0.05, 0.1) is 6.04 Å². The molecule has 0 saturated carbocycles. The number of rotatable bonds is 6. The summed E-state index contributed by atoms with van der Waals surface area (Å²) in [5, 5.41) is 13.6. The first-order valence-electron chi connectivity index (χ1n) is 5.70. The van der Waals surface area contributed by atoms with Gasteiger partial charge in [-0.2, -0.15) is 0 Å². The first-order valence-corrected chi connectivity index (χ1v) is 6.52. The molecule has 8 nitrogen and oxygen atoms in total. The van der Waals surface area contributed by atoms with E-state index in [4.69, 9.17) is 5.11 Å². The van der Waals surface area contributed by atoms with Crippen molar-refractivity contribution in [2.24, 2.45) is 0 Å². The summed E-state index contributed by atoms with van der Waals surface area (Å²) in [7, 11) is 0. The zero-order valence-corrected chi connectivity index (χ0v) is 11.8. The molecule has 1 rings (SSSR count). The largest absolute Gasteiger partial charge is 0.480 e. The number of hydrogen-bond donors (Lipinski definition) is 3. The van der Waals surface area contributed by atoms with Crippen LogP contribution in [-0.2, 0) is 14.3 Å². The molecule has 0 fully saturated rings. The maximum Gasteiger partial charge on any atom is 0.329 e. The van der Waals surface area contributed by atoms with Gasteiger partial charge in [0.25, 0.3) is 5.91 Å². The van der Waals surface area contributed by atoms with E-state index in [1.54, 1.807) is 13.1 Å². The zero-order chi connectivity index (χ0) is 15.1. The molecule has 3 amide bonds. The van der Waals surface area contributed by atoms with Crippen molar-refractivity contribution < 1.29 is 24.2 Å². The minimum absolute atomic E-state index is 0.332. The van der Waals surface area contributed by atoms with E-state index in [-0.39, 0.29) is 6.04 Å². The number of nitrogens with zero attached hydrogens (tertiary/aromatic N) is 1. The molecule has 0 aliphatic carbocycles. The Morgan fingerprint density at radius 3 is 2.70 bits per heavy atom. The summed E-state index contributed by atoms with van der Waals surface area (Å²) in [4.78, 5) is 38.1. The van der Waals surface area contributed by atoms with Gasteiger partial charge >= 0.3 is 12.0 Å². The molecule has 1 aromatic heterocycles. The second-order valence-electron chi connectivity index (χ2n) is 3.94. The summed E-state index contributed by atoms with van der Waals surface area (Å²) in [6.07, 6.45) is 1.70. The third kappa shape index (κ3) is 5.76. The van der Waals surface area contributed by atoms with Gasteiger partial charge < -0.3 is 15.2 Å².